The molecule has 0 spiro atoms. The molecule has 1 aliphatic heterocycles. The van der Waals surface area contributed by atoms with Gasteiger partial charge in [0.2, 0.25) is 0 Å². The largest absolute Gasteiger partial charge is 0.484 e. The number of benzene rings is 1. The Morgan fingerprint density at radius 2 is 2.30 bits per heavy atom. The molecule has 1 aromatic carbocycles. The zero-order chi connectivity index (χ0) is 14.4. The van der Waals surface area contributed by atoms with Crippen molar-refractivity contribution in [3.8, 4) is 5.75 Å². The van der Waals surface area contributed by atoms with Crippen LogP contribution in [0.25, 0.3) is 0 Å². The van der Waals surface area contributed by atoms with Crippen LogP contribution in [0.4, 0.5) is 0 Å². The van der Waals surface area contributed by atoms with E-state index in [2.05, 4.69) is 5.32 Å². The molecule has 1 aromatic rings. The van der Waals surface area contributed by atoms with E-state index >= 15 is 0 Å². The van der Waals surface area contributed by atoms with Gasteiger partial charge in [-0.2, -0.15) is 0 Å². The molecule has 0 aromatic heterocycles. The predicted octanol–water partition coefficient (Wildman–Crippen LogP) is 2.32. The van der Waals surface area contributed by atoms with E-state index in [1.807, 2.05) is 18.0 Å². The lowest BCUT2D eigenvalue weighted by atomic mass is 10.1. The van der Waals surface area contributed by atoms with Gasteiger partial charge in [-0.05, 0) is 50.6 Å². The number of carbonyl (C=O) groups is 1. The number of rotatable bonds is 4. The molecule has 1 heterocycles. The van der Waals surface area contributed by atoms with Gasteiger partial charge >= 0.3 is 0 Å². The number of carbonyl (C=O) groups excluding carboxylic acids is 1. The Balaban J connectivity index is 1.84. The quantitative estimate of drug-likeness (QED) is 0.927. The lowest BCUT2D eigenvalue weighted by Crippen LogP contribution is -2.40. The summed E-state index contributed by atoms with van der Waals surface area (Å²) < 4.78 is 5.50. The molecule has 0 radical (unpaired) electrons. The number of amides is 1. The van der Waals surface area contributed by atoms with Crippen molar-refractivity contribution in [2.24, 2.45) is 0 Å². The van der Waals surface area contributed by atoms with Crippen molar-refractivity contribution in [3.63, 3.8) is 0 Å². The summed E-state index contributed by atoms with van der Waals surface area (Å²) in [4.78, 5) is 14.0. The molecule has 1 fully saturated rings. The summed E-state index contributed by atoms with van der Waals surface area (Å²) in [7, 11) is 1.86. The Hall–Kier alpha value is -1.26. The molecule has 110 valence electrons. The fourth-order valence-corrected chi connectivity index (χ4v) is 2.58. The maximum atomic E-state index is 12.2. The van der Waals surface area contributed by atoms with E-state index in [0.29, 0.717) is 16.8 Å². The minimum atomic E-state index is 0.0110. The molecule has 1 N–H and O–H groups in total. The van der Waals surface area contributed by atoms with Gasteiger partial charge in [-0.3, -0.25) is 4.79 Å². The molecule has 1 saturated heterocycles. The molecule has 2 rings (SSSR count). The average Bonchev–Trinajstić information content (AvgIpc) is 2.73. The smallest absolute Gasteiger partial charge is 0.260 e. The summed E-state index contributed by atoms with van der Waals surface area (Å²) in [6, 6.07) is 7.41. The topological polar surface area (TPSA) is 41.6 Å². The maximum Gasteiger partial charge on any atom is 0.260 e. The second-order valence-electron chi connectivity index (χ2n) is 5.09. The number of hydrogen-bond donors (Lipinski definition) is 1. The molecular weight excluding hydrogens is 276 g/mol. The van der Waals surface area contributed by atoms with E-state index < -0.39 is 0 Å². The van der Waals surface area contributed by atoms with Gasteiger partial charge in [0.1, 0.15) is 5.75 Å². The summed E-state index contributed by atoms with van der Waals surface area (Å²) in [5.41, 5.74) is 0. The van der Waals surface area contributed by atoms with E-state index in [1.54, 1.807) is 18.2 Å². The third-order valence-electron chi connectivity index (χ3n) is 3.64. The van der Waals surface area contributed by atoms with Gasteiger partial charge in [0, 0.05) is 18.1 Å². The molecule has 1 aliphatic rings. The van der Waals surface area contributed by atoms with E-state index in [4.69, 9.17) is 16.3 Å². The first-order valence-corrected chi connectivity index (χ1v) is 7.39. The van der Waals surface area contributed by atoms with Crippen molar-refractivity contribution < 1.29 is 9.53 Å². The van der Waals surface area contributed by atoms with Gasteiger partial charge in [0.25, 0.3) is 5.91 Å². The molecule has 5 heteroatoms. The highest BCUT2D eigenvalue weighted by Crippen LogP contribution is 2.17. The van der Waals surface area contributed by atoms with E-state index in [0.717, 1.165) is 32.4 Å². The van der Waals surface area contributed by atoms with Gasteiger partial charge < -0.3 is 15.0 Å². The number of hydrogen-bond acceptors (Lipinski definition) is 3. The number of nitrogens with one attached hydrogen (secondary N) is 1. The monoisotopic (exact) mass is 296 g/mol. The number of ether oxygens (including phenoxy) is 1. The van der Waals surface area contributed by atoms with Crippen LogP contribution < -0.4 is 10.1 Å². The summed E-state index contributed by atoms with van der Waals surface area (Å²) >= 11 is 5.88. The van der Waals surface area contributed by atoms with Crippen LogP contribution >= 0.6 is 11.6 Å². The molecule has 0 aliphatic carbocycles. The third-order valence-corrected chi connectivity index (χ3v) is 3.88. The minimum absolute atomic E-state index is 0.0110. The van der Waals surface area contributed by atoms with Crippen LogP contribution in [-0.2, 0) is 4.79 Å². The summed E-state index contributed by atoms with van der Waals surface area (Å²) in [6.45, 7) is 2.07. The van der Waals surface area contributed by atoms with Crippen LogP contribution in [0, 0.1) is 0 Å². The lowest BCUT2D eigenvalue weighted by Gasteiger charge is -2.27. The number of nitrogens with zero attached hydrogens (tertiary/aromatic N) is 1. The lowest BCUT2D eigenvalue weighted by molar-refractivity contribution is -0.134. The third kappa shape index (κ3) is 4.39. The molecule has 1 unspecified atom stereocenters. The SMILES string of the molecule is CN(C(=O)COc1cccc(Cl)c1)C1CCCNCC1. The predicted molar refractivity (Wildman–Crippen MR) is 80.2 cm³/mol. The molecule has 1 amide bonds. The van der Waals surface area contributed by atoms with Crippen molar-refractivity contribution in [1.82, 2.24) is 10.2 Å². The van der Waals surface area contributed by atoms with Crippen molar-refractivity contribution in [2.45, 2.75) is 25.3 Å². The Labute approximate surface area is 125 Å². The summed E-state index contributed by atoms with van der Waals surface area (Å²) in [6.07, 6.45) is 3.16. The van der Waals surface area contributed by atoms with E-state index in [-0.39, 0.29) is 12.5 Å². The van der Waals surface area contributed by atoms with Gasteiger partial charge in [-0.25, -0.2) is 0 Å². The molecule has 0 saturated carbocycles. The van der Waals surface area contributed by atoms with Gasteiger partial charge in [0.05, 0.1) is 0 Å². The second-order valence-corrected chi connectivity index (χ2v) is 5.52. The molecule has 4 nitrogen and oxygen atoms in total. The molecule has 0 bridgehead atoms. The highest BCUT2D eigenvalue weighted by Gasteiger charge is 2.21. The van der Waals surface area contributed by atoms with E-state index in [1.165, 1.54) is 0 Å². The maximum absolute atomic E-state index is 12.2. The Kier molecular flexibility index (Phi) is 5.68. The first-order valence-electron chi connectivity index (χ1n) is 7.01. The van der Waals surface area contributed by atoms with Crippen LogP contribution in [-0.4, -0.2) is 43.6 Å². The highest BCUT2D eigenvalue weighted by atomic mass is 35.5. The van der Waals surface area contributed by atoms with Crippen molar-refractivity contribution in [3.05, 3.63) is 29.3 Å². The van der Waals surface area contributed by atoms with Crippen LogP contribution in [0.1, 0.15) is 19.3 Å². The summed E-state index contributed by atoms with van der Waals surface area (Å²) in [5.74, 6) is 0.638. The second kappa shape index (κ2) is 7.50. The van der Waals surface area contributed by atoms with Crippen LogP contribution in [0.5, 0.6) is 5.75 Å². The highest BCUT2D eigenvalue weighted by molar-refractivity contribution is 6.30. The van der Waals surface area contributed by atoms with Crippen LogP contribution in [0.15, 0.2) is 24.3 Å². The van der Waals surface area contributed by atoms with Gasteiger partial charge in [-0.1, -0.05) is 17.7 Å². The Bertz CT molecular complexity index is 445. The first kappa shape index (κ1) is 15.1. The molecular formula is C15H21ClN2O2. The van der Waals surface area contributed by atoms with Crippen molar-refractivity contribution in [1.29, 1.82) is 0 Å². The van der Waals surface area contributed by atoms with Gasteiger partial charge in [0.15, 0.2) is 6.61 Å². The Morgan fingerprint density at radius 3 is 3.10 bits per heavy atom. The van der Waals surface area contributed by atoms with Gasteiger partial charge in [-0.15, -0.1) is 0 Å². The van der Waals surface area contributed by atoms with E-state index in [9.17, 15) is 4.79 Å². The summed E-state index contributed by atoms with van der Waals surface area (Å²) in [5, 5.41) is 3.96. The zero-order valence-corrected chi connectivity index (χ0v) is 12.5. The normalized spacial score (nSPS) is 19.2. The Morgan fingerprint density at radius 1 is 1.45 bits per heavy atom. The standard InChI is InChI=1S/C15H21ClN2O2/c1-18(13-5-3-8-17-9-7-13)15(19)11-20-14-6-2-4-12(16)10-14/h2,4,6,10,13,17H,3,5,7-9,11H2,1H3. The fraction of sp³-hybridized carbons (Fsp3) is 0.533. The molecule has 1 atom stereocenters. The fourth-order valence-electron chi connectivity index (χ4n) is 2.40. The average molecular weight is 297 g/mol. The zero-order valence-electron chi connectivity index (χ0n) is 11.8. The number of halogens is 1. The number of likely N-dealkylation sites (N-methyl/N-ethyl adjacent to an activating group) is 1. The van der Waals surface area contributed by atoms with Crippen LogP contribution in [0.3, 0.4) is 0 Å². The minimum Gasteiger partial charge on any atom is -0.484 e. The van der Waals surface area contributed by atoms with Crippen LogP contribution in [0.2, 0.25) is 5.02 Å². The first-order chi connectivity index (χ1) is 9.66. The van der Waals surface area contributed by atoms with Crippen molar-refractivity contribution in [2.75, 3.05) is 26.7 Å². The molecule has 20 heavy (non-hydrogen) atoms. The van der Waals surface area contributed by atoms with Crippen molar-refractivity contribution >= 4 is 17.5 Å².